The van der Waals surface area contributed by atoms with E-state index in [-0.39, 0.29) is 6.04 Å². The van der Waals surface area contributed by atoms with Crippen LogP contribution in [0.3, 0.4) is 0 Å². The fourth-order valence-corrected chi connectivity index (χ4v) is 2.28. The van der Waals surface area contributed by atoms with Crippen LogP contribution in [0.5, 0.6) is 0 Å². The Morgan fingerprint density at radius 3 is 2.88 bits per heavy atom. The van der Waals surface area contributed by atoms with Gasteiger partial charge in [-0.05, 0) is 18.2 Å². The largest absolute Gasteiger partial charge is 0.305 e. The summed E-state index contributed by atoms with van der Waals surface area (Å²) >= 11 is 7.40. The highest BCUT2D eigenvalue weighted by atomic mass is 35.5. The first kappa shape index (κ1) is 11.5. The number of aromatic nitrogens is 2. The van der Waals surface area contributed by atoms with Crippen LogP contribution in [0.2, 0.25) is 5.02 Å². The molecule has 0 aliphatic rings. The lowest BCUT2D eigenvalue weighted by Gasteiger charge is -2.16. The van der Waals surface area contributed by atoms with Crippen LogP contribution in [-0.2, 0) is 0 Å². The Labute approximate surface area is 104 Å². The Hall–Kier alpha value is -0.970. The summed E-state index contributed by atoms with van der Waals surface area (Å²) < 4.78 is 8.29. The Kier molecular flexibility index (Phi) is 3.88. The van der Waals surface area contributed by atoms with Gasteiger partial charge >= 0.3 is 0 Å². The first-order valence-corrected chi connectivity index (χ1v) is 6.19. The molecule has 0 saturated carbocycles. The molecule has 0 saturated heterocycles. The van der Waals surface area contributed by atoms with Gasteiger partial charge in [0.2, 0.25) is 0 Å². The molecule has 0 aliphatic carbocycles. The third-order valence-electron chi connectivity index (χ3n) is 2.30. The molecule has 1 aromatic carbocycles. The van der Waals surface area contributed by atoms with Gasteiger partial charge in [-0.15, -0.1) is 0 Å². The average molecular weight is 254 g/mol. The number of hydrogen-bond acceptors (Lipinski definition) is 4. The minimum absolute atomic E-state index is 0.0254. The molecule has 0 amide bonds. The van der Waals surface area contributed by atoms with Crippen molar-refractivity contribution in [1.29, 1.82) is 0 Å². The zero-order chi connectivity index (χ0) is 11.4. The molecule has 0 radical (unpaired) electrons. The van der Waals surface area contributed by atoms with Crippen LogP contribution in [0.25, 0.3) is 0 Å². The van der Waals surface area contributed by atoms with Crippen LogP contribution in [0, 0.1) is 0 Å². The van der Waals surface area contributed by atoms with Crippen LogP contribution >= 0.6 is 23.3 Å². The van der Waals surface area contributed by atoms with E-state index in [1.54, 1.807) is 6.20 Å². The predicted octanol–water partition coefficient (Wildman–Crippen LogP) is 2.89. The van der Waals surface area contributed by atoms with E-state index >= 15 is 0 Å². The Morgan fingerprint density at radius 2 is 2.25 bits per heavy atom. The first-order chi connectivity index (χ1) is 7.83. The van der Waals surface area contributed by atoms with Gasteiger partial charge in [0.05, 0.1) is 29.7 Å². The summed E-state index contributed by atoms with van der Waals surface area (Å²) in [4.78, 5) is 0. The van der Waals surface area contributed by atoms with E-state index in [4.69, 9.17) is 11.6 Å². The van der Waals surface area contributed by atoms with E-state index in [1.807, 2.05) is 24.3 Å². The van der Waals surface area contributed by atoms with E-state index in [2.05, 4.69) is 21.0 Å². The maximum absolute atomic E-state index is 6.19. The van der Waals surface area contributed by atoms with Crippen molar-refractivity contribution in [2.24, 2.45) is 0 Å². The lowest BCUT2D eigenvalue weighted by Crippen LogP contribution is -2.22. The van der Waals surface area contributed by atoms with Crippen LogP contribution in [0.15, 0.2) is 30.5 Å². The van der Waals surface area contributed by atoms with E-state index in [9.17, 15) is 0 Å². The van der Waals surface area contributed by atoms with Crippen LogP contribution in [0.4, 0.5) is 0 Å². The highest BCUT2D eigenvalue weighted by Gasteiger charge is 2.17. The number of nitrogens with zero attached hydrogens (tertiary/aromatic N) is 2. The standard InChI is InChI=1S/C11H12ClN3S/c1-2-13-11(10-7-14-16-15-10)8-5-3-4-6-9(8)12/h3-7,11,13H,2H2,1H3. The van der Waals surface area contributed by atoms with Crippen molar-refractivity contribution in [1.82, 2.24) is 14.1 Å². The van der Waals surface area contributed by atoms with E-state index in [0.29, 0.717) is 0 Å². The molecule has 3 nitrogen and oxygen atoms in total. The summed E-state index contributed by atoms with van der Waals surface area (Å²) in [6.07, 6.45) is 1.78. The van der Waals surface area contributed by atoms with Gasteiger partial charge in [0.25, 0.3) is 0 Å². The highest BCUT2D eigenvalue weighted by molar-refractivity contribution is 6.99. The van der Waals surface area contributed by atoms with Crippen molar-refractivity contribution in [2.75, 3.05) is 6.54 Å². The molecular formula is C11H12ClN3S. The molecule has 2 rings (SSSR count). The zero-order valence-electron chi connectivity index (χ0n) is 8.85. The van der Waals surface area contributed by atoms with Crippen LogP contribution < -0.4 is 5.32 Å². The normalized spacial score (nSPS) is 12.6. The second-order valence-corrected chi connectivity index (χ2v) is 4.31. The summed E-state index contributed by atoms with van der Waals surface area (Å²) in [6.45, 7) is 2.91. The highest BCUT2D eigenvalue weighted by Crippen LogP contribution is 2.27. The number of halogens is 1. The maximum atomic E-state index is 6.19. The quantitative estimate of drug-likeness (QED) is 0.911. The molecule has 16 heavy (non-hydrogen) atoms. The SMILES string of the molecule is CCNC(c1cnsn1)c1ccccc1Cl. The molecule has 1 N–H and O–H groups in total. The summed E-state index contributed by atoms with van der Waals surface area (Å²) in [5.41, 5.74) is 1.96. The molecular weight excluding hydrogens is 242 g/mol. The topological polar surface area (TPSA) is 37.8 Å². The van der Waals surface area contributed by atoms with Gasteiger partial charge in [0, 0.05) is 5.02 Å². The van der Waals surface area contributed by atoms with Crippen molar-refractivity contribution in [3.05, 3.63) is 46.7 Å². The molecule has 0 fully saturated rings. The smallest absolute Gasteiger partial charge is 0.0958 e. The Balaban J connectivity index is 2.37. The van der Waals surface area contributed by atoms with E-state index in [1.165, 1.54) is 11.7 Å². The number of benzene rings is 1. The van der Waals surface area contributed by atoms with Crippen molar-refractivity contribution in [3.63, 3.8) is 0 Å². The molecule has 1 unspecified atom stereocenters. The molecule has 5 heteroatoms. The summed E-state index contributed by atoms with van der Waals surface area (Å²) in [6, 6.07) is 7.83. The second-order valence-electron chi connectivity index (χ2n) is 3.34. The molecule has 0 bridgehead atoms. The third-order valence-corrected chi connectivity index (χ3v) is 3.13. The maximum Gasteiger partial charge on any atom is 0.0958 e. The molecule has 1 aromatic heterocycles. The minimum Gasteiger partial charge on any atom is -0.305 e. The number of hydrogen-bond donors (Lipinski definition) is 1. The lowest BCUT2D eigenvalue weighted by molar-refractivity contribution is 0.620. The van der Waals surface area contributed by atoms with Gasteiger partial charge in [-0.3, -0.25) is 0 Å². The Bertz CT molecular complexity index is 444. The summed E-state index contributed by atoms with van der Waals surface area (Å²) in [5, 5.41) is 4.11. The fourth-order valence-electron chi connectivity index (χ4n) is 1.59. The fraction of sp³-hybridized carbons (Fsp3) is 0.273. The molecule has 84 valence electrons. The van der Waals surface area contributed by atoms with Gasteiger partial charge < -0.3 is 5.32 Å². The lowest BCUT2D eigenvalue weighted by atomic mass is 10.0. The second kappa shape index (κ2) is 5.39. The zero-order valence-corrected chi connectivity index (χ0v) is 10.4. The van der Waals surface area contributed by atoms with Gasteiger partial charge in [0.1, 0.15) is 0 Å². The monoisotopic (exact) mass is 253 g/mol. The predicted molar refractivity (Wildman–Crippen MR) is 66.9 cm³/mol. The Morgan fingerprint density at radius 1 is 1.44 bits per heavy atom. The van der Waals surface area contributed by atoms with Crippen molar-refractivity contribution >= 4 is 23.3 Å². The molecule has 0 spiro atoms. The number of nitrogens with one attached hydrogen (secondary N) is 1. The molecule has 1 atom stereocenters. The minimum atomic E-state index is 0.0254. The average Bonchev–Trinajstić information content (AvgIpc) is 2.80. The van der Waals surface area contributed by atoms with Crippen molar-refractivity contribution < 1.29 is 0 Å². The molecule has 1 heterocycles. The van der Waals surface area contributed by atoms with Crippen molar-refractivity contribution in [3.8, 4) is 0 Å². The van der Waals surface area contributed by atoms with Crippen LogP contribution in [-0.4, -0.2) is 15.3 Å². The third kappa shape index (κ3) is 2.40. The van der Waals surface area contributed by atoms with E-state index in [0.717, 1.165) is 22.8 Å². The summed E-state index contributed by atoms with van der Waals surface area (Å²) in [7, 11) is 0. The van der Waals surface area contributed by atoms with Gasteiger partial charge in [-0.1, -0.05) is 36.7 Å². The van der Waals surface area contributed by atoms with Crippen molar-refractivity contribution in [2.45, 2.75) is 13.0 Å². The first-order valence-electron chi connectivity index (χ1n) is 5.08. The molecule has 2 aromatic rings. The van der Waals surface area contributed by atoms with Crippen LogP contribution in [0.1, 0.15) is 24.2 Å². The summed E-state index contributed by atoms with van der Waals surface area (Å²) in [5.74, 6) is 0. The number of rotatable bonds is 4. The van der Waals surface area contributed by atoms with Gasteiger partial charge in [-0.25, -0.2) is 0 Å². The van der Waals surface area contributed by atoms with Gasteiger partial charge in [0.15, 0.2) is 0 Å². The van der Waals surface area contributed by atoms with E-state index < -0.39 is 0 Å². The van der Waals surface area contributed by atoms with Gasteiger partial charge in [-0.2, -0.15) is 8.75 Å². The molecule has 0 aliphatic heterocycles.